The van der Waals surface area contributed by atoms with Gasteiger partial charge in [-0.2, -0.15) is 5.26 Å². The summed E-state index contributed by atoms with van der Waals surface area (Å²) in [6.07, 6.45) is 5.41. The monoisotopic (exact) mass is 258 g/mol. The van der Waals surface area contributed by atoms with E-state index in [4.69, 9.17) is 10.00 Å². The summed E-state index contributed by atoms with van der Waals surface area (Å²) in [5.74, 6) is 2.51. The van der Waals surface area contributed by atoms with Crippen molar-refractivity contribution >= 4 is 0 Å². The SMILES string of the molecule is CC1CCC(C(C)C)C(Oc2cccnc2C#N)C1. The summed E-state index contributed by atoms with van der Waals surface area (Å²) in [4.78, 5) is 4.07. The third kappa shape index (κ3) is 3.26. The van der Waals surface area contributed by atoms with Gasteiger partial charge in [-0.05, 0) is 42.7 Å². The fourth-order valence-corrected chi connectivity index (χ4v) is 2.98. The molecule has 1 saturated carbocycles. The van der Waals surface area contributed by atoms with Crippen LogP contribution in [0.3, 0.4) is 0 Å². The topological polar surface area (TPSA) is 45.9 Å². The van der Waals surface area contributed by atoms with Crippen LogP contribution in [-0.4, -0.2) is 11.1 Å². The van der Waals surface area contributed by atoms with Crippen LogP contribution in [0.1, 0.15) is 45.7 Å². The van der Waals surface area contributed by atoms with Gasteiger partial charge in [0, 0.05) is 6.20 Å². The van der Waals surface area contributed by atoms with Crippen molar-refractivity contribution in [3.8, 4) is 11.8 Å². The highest BCUT2D eigenvalue weighted by Gasteiger charge is 2.32. The van der Waals surface area contributed by atoms with Crippen molar-refractivity contribution < 1.29 is 4.74 Å². The lowest BCUT2D eigenvalue weighted by molar-refractivity contribution is 0.0455. The van der Waals surface area contributed by atoms with Crippen molar-refractivity contribution in [2.45, 2.75) is 46.1 Å². The standard InChI is InChI=1S/C16H22N2O/c1-11(2)13-7-6-12(3)9-16(13)19-15-5-4-8-18-14(15)10-17/h4-5,8,11-13,16H,6-7,9H2,1-3H3. The first-order valence-corrected chi connectivity index (χ1v) is 7.13. The lowest BCUT2D eigenvalue weighted by atomic mass is 9.75. The summed E-state index contributed by atoms with van der Waals surface area (Å²) in [5, 5.41) is 9.08. The molecule has 1 aliphatic rings. The molecule has 0 N–H and O–H groups in total. The van der Waals surface area contributed by atoms with Crippen molar-refractivity contribution in [1.82, 2.24) is 4.98 Å². The van der Waals surface area contributed by atoms with Crippen LogP contribution in [0.25, 0.3) is 0 Å². The van der Waals surface area contributed by atoms with Crippen LogP contribution in [0.5, 0.6) is 5.75 Å². The first kappa shape index (κ1) is 13.9. The Kier molecular flexibility index (Phi) is 4.42. The smallest absolute Gasteiger partial charge is 0.182 e. The van der Waals surface area contributed by atoms with E-state index in [0.717, 1.165) is 6.42 Å². The molecule has 1 aliphatic carbocycles. The van der Waals surface area contributed by atoms with Gasteiger partial charge in [0.15, 0.2) is 11.4 Å². The van der Waals surface area contributed by atoms with Crippen molar-refractivity contribution in [2.75, 3.05) is 0 Å². The zero-order valence-corrected chi connectivity index (χ0v) is 12.0. The zero-order valence-electron chi connectivity index (χ0n) is 12.0. The van der Waals surface area contributed by atoms with Crippen molar-refractivity contribution in [3.05, 3.63) is 24.0 Å². The van der Waals surface area contributed by atoms with E-state index < -0.39 is 0 Å². The first-order valence-electron chi connectivity index (χ1n) is 7.13. The Morgan fingerprint density at radius 2 is 2.21 bits per heavy atom. The highest BCUT2D eigenvalue weighted by molar-refractivity contribution is 5.36. The number of pyridine rings is 1. The van der Waals surface area contributed by atoms with Gasteiger partial charge in [-0.3, -0.25) is 0 Å². The normalized spacial score (nSPS) is 27.0. The van der Waals surface area contributed by atoms with Crippen molar-refractivity contribution in [1.29, 1.82) is 5.26 Å². The average Bonchev–Trinajstić information content (AvgIpc) is 2.39. The molecule has 0 aliphatic heterocycles. The predicted molar refractivity (Wildman–Crippen MR) is 74.7 cm³/mol. The Bertz CT molecular complexity index is 464. The van der Waals surface area contributed by atoms with Gasteiger partial charge in [-0.1, -0.05) is 27.2 Å². The van der Waals surface area contributed by atoms with Crippen molar-refractivity contribution in [2.24, 2.45) is 17.8 Å². The molecular weight excluding hydrogens is 236 g/mol. The fraction of sp³-hybridized carbons (Fsp3) is 0.625. The Morgan fingerprint density at radius 3 is 2.89 bits per heavy atom. The summed E-state index contributed by atoms with van der Waals surface area (Å²) in [5.41, 5.74) is 0.392. The quantitative estimate of drug-likeness (QED) is 0.828. The van der Waals surface area contributed by atoms with Crippen LogP contribution in [-0.2, 0) is 0 Å². The molecule has 3 unspecified atom stereocenters. The Balaban J connectivity index is 2.17. The lowest BCUT2D eigenvalue weighted by Crippen LogP contribution is -2.36. The number of nitrogens with zero attached hydrogens (tertiary/aromatic N) is 2. The number of rotatable bonds is 3. The minimum absolute atomic E-state index is 0.208. The molecule has 1 aromatic heterocycles. The minimum atomic E-state index is 0.208. The maximum Gasteiger partial charge on any atom is 0.182 e. The van der Waals surface area contributed by atoms with Gasteiger partial charge in [0.1, 0.15) is 12.2 Å². The molecule has 0 amide bonds. The van der Waals surface area contributed by atoms with E-state index >= 15 is 0 Å². The second-order valence-electron chi connectivity index (χ2n) is 5.94. The minimum Gasteiger partial charge on any atom is -0.487 e. The van der Waals surface area contributed by atoms with E-state index in [2.05, 4.69) is 31.8 Å². The van der Waals surface area contributed by atoms with E-state index in [-0.39, 0.29) is 6.10 Å². The number of hydrogen-bond acceptors (Lipinski definition) is 3. The molecule has 2 rings (SSSR count). The molecule has 0 saturated heterocycles. The van der Waals surface area contributed by atoms with Gasteiger partial charge < -0.3 is 4.74 Å². The zero-order chi connectivity index (χ0) is 13.8. The van der Waals surface area contributed by atoms with Gasteiger partial charge in [0.05, 0.1) is 0 Å². The molecule has 0 radical (unpaired) electrons. The largest absolute Gasteiger partial charge is 0.487 e. The maximum absolute atomic E-state index is 9.08. The molecule has 1 heterocycles. The molecular formula is C16H22N2O. The molecule has 0 aromatic carbocycles. The highest BCUT2D eigenvalue weighted by Crippen LogP contribution is 2.36. The Labute approximate surface area is 115 Å². The average molecular weight is 258 g/mol. The summed E-state index contributed by atoms with van der Waals surface area (Å²) >= 11 is 0. The van der Waals surface area contributed by atoms with E-state index in [9.17, 15) is 0 Å². The molecule has 3 atom stereocenters. The van der Waals surface area contributed by atoms with Gasteiger partial charge in [0.25, 0.3) is 0 Å². The lowest BCUT2D eigenvalue weighted by Gasteiger charge is -2.37. The Hall–Kier alpha value is -1.56. The summed E-state index contributed by atoms with van der Waals surface area (Å²) in [6, 6.07) is 5.78. The molecule has 19 heavy (non-hydrogen) atoms. The summed E-state index contributed by atoms with van der Waals surface area (Å²) in [7, 11) is 0. The summed E-state index contributed by atoms with van der Waals surface area (Å²) < 4.78 is 6.14. The first-order chi connectivity index (χ1) is 9.11. The van der Waals surface area contributed by atoms with Gasteiger partial charge in [-0.25, -0.2) is 4.98 Å². The molecule has 102 valence electrons. The number of aromatic nitrogens is 1. The third-order valence-corrected chi connectivity index (χ3v) is 4.12. The second-order valence-corrected chi connectivity index (χ2v) is 5.94. The van der Waals surface area contributed by atoms with Crippen LogP contribution in [0.15, 0.2) is 18.3 Å². The third-order valence-electron chi connectivity index (χ3n) is 4.12. The van der Waals surface area contributed by atoms with Crippen molar-refractivity contribution in [3.63, 3.8) is 0 Å². The van der Waals surface area contributed by atoms with Gasteiger partial charge >= 0.3 is 0 Å². The fourth-order valence-electron chi connectivity index (χ4n) is 2.98. The number of nitriles is 1. The highest BCUT2D eigenvalue weighted by atomic mass is 16.5. The summed E-state index contributed by atoms with van der Waals surface area (Å²) in [6.45, 7) is 6.79. The molecule has 1 aromatic rings. The van der Waals surface area contributed by atoms with E-state index in [1.54, 1.807) is 6.20 Å². The molecule has 0 bridgehead atoms. The van der Waals surface area contributed by atoms with Crippen LogP contribution in [0, 0.1) is 29.1 Å². The molecule has 3 nitrogen and oxygen atoms in total. The van der Waals surface area contributed by atoms with E-state index in [1.165, 1.54) is 12.8 Å². The van der Waals surface area contributed by atoms with Gasteiger partial charge in [0.2, 0.25) is 0 Å². The Morgan fingerprint density at radius 1 is 1.42 bits per heavy atom. The molecule has 1 fully saturated rings. The molecule has 0 spiro atoms. The van der Waals surface area contributed by atoms with E-state index in [0.29, 0.717) is 29.2 Å². The predicted octanol–water partition coefficient (Wildman–Crippen LogP) is 3.79. The van der Waals surface area contributed by atoms with Crippen LogP contribution < -0.4 is 4.74 Å². The second kappa shape index (κ2) is 6.06. The maximum atomic E-state index is 9.08. The van der Waals surface area contributed by atoms with E-state index in [1.807, 2.05) is 12.1 Å². The number of hydrogen-bond donors (Lipinski definition) is 0. The number of ether oxygens (including phenoxy) is 1. The molecule has 3 heteroatoms. The van der Waals surface area contributed by atoms with Crippen LogP contribution in [0.4, 0.5) is 0 Å². The van der Waals surface area contributed by atoms with Crippen LogP contribution >= 0.6 is 0 Å². The van der Waals surface area contributed by atoms with Gasteiger partial charge in [-0.15, -0.1) is 0 Å². The van der Waals surface area contributed by atoms with Crippen LogP contribution in [0.2, 0.25) is 0 Å².